The number of nitrogens with one attached hydrogen (secondary N) is 3. The minimum atomic E-state index is 0.722. The molecule has 6 rings (SSSR count). The van der Waals surface area contributed by atoms with Gasteiger partial charge in [-0.1, -0.05) is 42.5 Å². The SMILES string of the molecule is c1ccc(Cc2nnc(-c3cccc(Oc4ccc5[nH]cc6c5c4CNC6)c3)[nH]2)cc1. The van der Waals surface area contributed by atoms with Crippen LogP contribution in [-0.4, -0.2) is 20.2 Å². The number of hydrogen-bond donors (Lipinski definition) is 3. The van der Waals surface area contributed by atoms with E-state index in [1.54, 1.807) is 0 Å². The van der Waals surface area contributed by atoms with Gasteiger partial charge in [-0.05, 0) is 35.4 Å². The van der Waals surface area contributed by atoms with Gasteiger partial charge in [0.05, 0.1) is 0 Å². The standard InChI is InChI=1S/C25H21N5O/c1-2-5-16(6-3-1)11-23-28-25(30-29-23)17-7-4-8-19(12-17)31-22-10-9-21-24-18(14-27-21)13-26-15-20(22)24/h1-10,12,14,26-27H,11,13,15H2,(H,28,29,30). The van der Waals surface area contributed by atoms with E-state index >= 15 is 0 Å². The normalized spacial score (nSPS) is 12.9. The topological polar surface area (TPSA) is 78.6 Å². The maximum Gasteiger partial charge on any atom is 0.161 e. The summed E-state index contributed by atoms with van der Waals surface area (Å²) in [5.41, 5.74) is 5.77. The summed E-state index contributed by atoms with van der Waals surface area (Å²) in [6.07, 6.45) is 2.79. The summed E-state index contributed by atoms with van der Waals surface area (Å²) in [6, 6.07) is 22.3. The zero-order chi connectivity index (χ0) is 20.6. The largest absolute Gasteiger partial charge is 0.457 e. The van der Waals surface area contributed by atoms with E-state index in [9.17, 15) is 0 Å². The highest BCUT2D eigenvalue weighted by molar-refractivity contribution is 5.89. The molecule has 0 unspecified atom stereocenters. The summed E-state index contributed by atoms with van der Waals surface area (Å²) in [5.74, 6) is 3.23. The highest BCUT2D eigenvalue weighted by atomic mass is 16.5. The van der Waals surface area contributed by atoms with Crippen LogP contribution in [-0.2, 0) is 19.5 Å². The molecule has 0 amide bonds. The van der Waals surface area contributed by atoms with Crippen molar-refractivity contribution in [3.05, 3.63) is 95.4 Å². The highest BCUT2D eigenvalue weighted by Crippen LogP contribution is 2.36. The van der Waals surface area contributed by atoms with Gasteiger partial charge < -0.3 is 20.0 Å². The lowest BCUT2D eigenvalue weighted by Crippen LogP contribution is -2.17. The number of aromatic nitrogens is 4. The van der Waals surface area contributed by atoms with E-state index in [4.69, 9.17) is 4.74 Å². The van der Waals surface area contributed by atoms with Gasteiger partial charge in [0.1, 0.15) is 17.3 Å². The molecule has 0 spiro atoms. The van der Waals surface area contributed by atoms with Crippen LogP contribution in [0.2, 0.25) is 0 Å². The first kappa shape index (κ1) is 17.9. The molecule has 1 aliphatic rings. The van der Waals surface area contributed by atoms with E-state index in [1.165, 1.54) is 22.1 Å². The Bertz CT molecular complexity index is 1370. The molecular weight excluding hydrogens is 386 g/mol. The summed E-state index contributed by atoms with van der Waals surface area (Å²) in [5, 5.41) is 13.4. The molecule has 0 bridgehead atoms. The van der Waals surface area contributed by atoms with Crippen molar-refractivity contribution in [2.45, 2.75) is 19.5 Å². The van der Waals surface area contributed by atoms with Crippen LogP contribution < -0.4 is 10.1 Å². The Balaban J connectivity index is 1.28. The molecule has 2 aromatic heterocycles. The van der Waals surface area contributed by atoms with Gasteiger partial charge in [-0.2, -0.15) is 0 Å². The molecular formula is C25H21N5O. The van der Waals surface area contributed by atoms with Gasteiger partial charge in [-0.3, -0.25) is 0 Å². The third kappa shape index (κ3) is 3.37. The average molecular weight is 407 g/mol. The maximum atomic E-state index is 6.32. The molecule has 0 aliphatic carbocycles. The lowest BCUT2D eigenvalue weighted by Gasteiger charge is -2.18. The van der Waals surface area contributed by atoms with Gasteiger partial charge in [0, 0.05) is 47.7 Å². The Kier molecular flexibility index (Phi) is 4.28. The Morgan fingerprint density at radius 1 is 0.903 bits per heavy atom. The monoisotopic (exact) mass is 407 g/mol. The number of aromatic amines is 2. The molecule has 31 heavy (non-hydrogen) atoms. The first-order valence-corrected chi connectivity index (χ1v) is 10.4. The Labute approximate surface area is 179 Å². The first-order chi connectivity index (χ1) is 15.3. The van der Waals surface area contributed by atoms with Crippen molar-refractivity contribution in [2.75, 3.05) is 0 Å². The van der Waals surface area contributed by atoms with Crippen LogP contribution in [0.1, 0.15) is 22.5 Å². The Morgan fingerprint density at radius 3 is 2.77 bits per heavy atom. The second kappa shape index (κ2) is 7.41. The lowest BCUT2D eigenvalue weighted by atomic mass is 10.0. The van der Waals surface area contributed by atoms with Crippen molar-refractivity contribution in [3.63, 3.8) is 0 Å². The van der Waals surface area contributed by atoms with Gasteiger partial charge in [0.25, 0.3) is 0 Å². The number of H-pyrrole nitrogens is 2. The lowest BCUT2D eigenvalue weighted by molar-refractivity contribution is 0.473. The van der Waals surface area contributed by atoms with Crippen LogP contribution in [0.25, 0.3) is 22.3 Å². The van der Waals surface area contributed by atoms with Crippen molar-refractivity contribution in [1.29, 1.82) is 0 Å². The third-order valence-corrected chi connectivity index (χ3v) is 5.69. The van der Waals surface area contributed by atoms with Crippen LogP contribution in [0, 0.1) is 0 Å². The minimum Gasteiger partial charge on any atom is -0.457 e. The molecule has 1 aliphatic heterocycles. The van der Waals surface area contributed by atoms with Crippen molar-refractivity contribution in [2.24, 2.45) is 0 Å². The molecule has 152 valence electrons. The molecule has 3 N–H and O–H groups in total. The molecule has 3 aromatic carbocycles. The molecule has 0 saturated carbocycles. The fourth-order valence-corrected chi connectivity index (χ4v) is 4.22. The zero-order valence-corrected chi connectivity index (χ0v) is 16.9. The van der Waals surface area contributed by atoms with Gasteiger partial charge in [0.15, 0.2) is 5.82 Å². The fraction of sp³-hybridized carbons (Fsp3) is 0.120. The third-order valence-electron chi connectivity index (χ3n) is 5.69. The molecule has 0 fully saturated rings. The van der Waals surface area contributed by atoms with Gasteiger partial charge in [0.2, 0.25) is 0 Å². The van der Waals surface area contributed by atoms with E-state index in [1.807, 2.05) is 48.5 Å². The van der Waals surface area contributed by atoms with Crippen molar-refractivity contribution in [3.8, 4) is 22.9 Å². The van der Waals surface area contributed by atoms with E-state index in [2.05, 4.69) is 49.9 Å². The van der Waals surface area contributed by atoms with Crippen LogP contribution in [0.5, 0.6) is 11.5 Å². The van der Waals surface area contributed by atoms with Crippen molar-refractivity contribution >= 4 is 10.9 Å². The molecule has 3 heterocycles. The molecule has 5 aromatic rings. The van der Waals surface area contributed by atoms with Crippen LogP contribution in [0.4, 0.5) is 0 Å². The molecule has 0 radical (unpaired) electrons. The van der Waals surface area contributed by atoms with E-state index < -0.39 is 0 Å². The highest BCUT2D eigenvalue weighted by Gasteiger charge is 2.18. The van der Waals surface area contributed by atoms with Gasteiger partial charge in [-0.25, -0.2) is 0 Å². The number of ether oxygens (including phenoxy) is 1. The quantitative estimate of drug-likeness (QED) is 0.386. The second-order valence-corrected chi connectivity index (χ2v) is 7.79. The minimum absolute atomic E-state index is 0.722. The summed E-state index contributed by atoms with van der Waals surface area (Å²) in [6.45, 7) is 1.67. The number of rotatable bonds is 5. The Morgan fingerprint density at radius 2 is 1.84 bits per heavy atom. The number of hydrogen-bond acceptors (Lipinski definition) is 4. The maximum absolute atomic E-state index is 6.32. The predicted octanol–water partition coefficient (Wildman–Crippen LogP) is 4.94. The summed E-state index contributed by atoms with van der Waals surface area (Å²) < 4.78 is 6.32. The molecule has 6 heteroatoms. The summed E-state index contributed by atoms with van der Waals surface area (Å²) >= 11 is 0. The predicted molar refractivity (Wildman–Crippen MR) is 120 cm³/mol. The molecule has 0 saturated heterocycles. The first-order valence-electron chi connectivity index (χ1n) is 10.4. The van der Waals surface area contributed by atoms with Crippen LogP contribution in [0.15, 0.2) is 72.9 Å². The van der Waals surface area contributed by atoms with Crippen molar-refractivity contribution < 1.29 is 4.74 Å². The average Bonchev–Trinajstić information content (AvgIpc) is 3.45. The van der Waals surface area contributed by atoms with E-state index in [-0.39, 0.29) is 0 Å². The van der Waals surface area contributed by atoms with Crippen LogP contribution in [0.3, 0.4) is 0 Å². The zero-order valence-electron chi connectivity index (χ0n) is 16.9. The van der Waals surface area contributed by atoms with Crippen LogP contribution >= 0.6 is 0 Å². The summed E-state index contributed by atoms with van der Waals surface area (Å²) in [7, 11) is 0. The van der Waals surface area contributed by atoms with E-state index in [0.717, 1.165) is 53.7 Å². The van der Waals surface area contributed by atoms with Gasteiger partial charge >= 0.3 is 0 Å². The molecule has 0 atom stereocenters. The number of nitrogens with zero attached hydrogens (tertiary/aromatic N) is 2. The number of benzene rings is 3. The summed E-state index contributed by atoms with van der Waals surface area (Å²) in [4.78, 5) is 6.68. The van der Waals surface area contributed by atoms with Crippen molar-refractivity contribution in [1.82, 2.24) is 25.5 Å². The van der Waals surface area contributed by atoms with Gasteiger partial charge in [-0.15, -0.1) is 10.2 Å². The molecule has 6 nitrogen and oxygen atoms in total. The fourth-order valence-electron chi connectivity index (χ4n) is 4.22. The Hall–Kier alpha value is -3.90. The second-order valence-electron chi connectivity index (χ2n) is 7.79. The van der Waals surface area contributed by atoms with E-state index in [0.29, 0.717) is 0 Å². The smallest absolute Gasteiger partial charge is 0.161 e.